The lowest BCUT2D eigenvalue weighted by Crippen LogP contribution is -2.11. The molecule has 1 aromatic heterocycles. The van der Waals surface area contributed by atoms with Crippen LogP contribution in [0.2, 0.25) is 0 Å². The van der Waals surface area contributed by atoms with Gasteiger partial charge in [-0.05, 0) is 12.1 Å². The number of hydrogen-bond donors (Lipinski definition) is 1. The van der Waals surface area contributed by atoms with Crippen molar-refractivity contribution in [3.8, 4) is 0 Å². The third-order valence-electron chi connectivity index (χ3n) is 1.47. The van der Waals surface area contributed by atoms with Crippen molar-refractivity contribution in [3.63, 3.8) is 0 Å². The van der Waals surface area contributed by atoms with Crippen LogP contribution in [0.25, 0.3) is 0 Å². The minimum atomic E-state index is -2.31. The molecule has 1 rings (SSSR count). The van der Waals surface area contributed by atoms with Crippen LogP contribution in [0.5, 0.6) is 0 Å². The molecule has 0 atom stereocenters. The van der Waals surface area contributed by atoms with E-state index >= 15 is 0 Å². The number of nitrogens with zero attached hydrogens (tertiary/aromatic N) is 1. The van der Waals surface area contributed by atoms with Gasteiger partial charge in [0.2, 0.25) is 0 Å². The van der Waals surface area contributed by atoms with E-state index in [1.54, 1.807) is 18.3 Å². The molecule has 0 radical (unpaired) electrons. The van der Waals surface area contributed by atoms with Gasteiger partial charge in [0.05, 0.1) is 6.54 Å². The summed E-state index contributed by atoms with van der Waals surface area (Å²) >= 11 is 0. The van der Waals surface area contributed by atoms with E-state index in [2.05, 4.69) is 0 Å². The van der Waals surface area contributed by atoms with Crippen molar-refractivity contribution >= 4 is 0 Å². The normalized spacial score (nSPS) is 10.9. The van der Waals surface area contributed by atoms with E-state index in [0.29, 0.717) is 6.54 Å². The van der Waals surface area contributed by atoms with Crippen LogP contribution >= 0.6 is 0 Å². The molecule has 0 aromatic carbocycles. The van der Waals surface area contributed by atoms with Crippen LogP contribution in [0.1, 0.15) is 5.69 Å². The van der Waals surface area contributed by atoms with E-state index in [1.807, 2.05) is 0 Å². The predicted molar refractivity (Wildman–Crippen MR) is 38.3 cm³/mol. The molecule has 0 saturated carbocycles. The Bertz CT molecular complexity index is 220. The molecule has 0 unspecified atom stereocenters. The molecule has 1 heterocycles. The van der Waals surface area contributed by atoms with Gasteiger partial charge in [0, 0.05) is 18.4 Å². The number of aromatic nitrogens is 1. The van der Waals surface area contributed by atoms with Gasteiger partial charge in [0.15, 0.2) is 0 Å². The van der Waals surface area contributed by atoms with Gasteiger partial charge in [0.1, 0.15) is 0 Å². The fourth-order valence-corrected chi connectivity index (χ4v) is 0.962. The van der Waals surface area contributed by atoms with E-state index in [-0.39, 0.29) is 6.54 Å². The first kappa shape index (κ1) is 8.20. The first-order valence-electron chi connectivity index (χ1n) is 3.36. The Labute approximate surface area is 63.6 Å². The Balaban J connectivity index is 2.68. The Morgan fingerprint density at radius 3 is 2.82 bits per heavy atom. The molecule has 62 valence electrons. The topological polar surface area (TPSA) is 30.9 Å². The van der Waals surface area contributed by atoms with Gasteiger partial charge < -0.3 is 10.3 Å². The van der Waals surface area contributed by atoms with Crippen molar-refractivity contribution < 1.29 is 8.78 Å². The van der Waals surface area contributed by atoms with Crippen LogP contribution in [0.4, 0.5) is 8.78 Å². The fraction of sp³-hybridized carbons (Fsp3) is 0.429. The highest BCUT2D eigenvalue weighted by Crippen LogP contribution is 2.04. The van der Waals surface area contributed by atoms with Gasteiger partial charge >= 0.3 is 0 Å². The molecule has 0 spiro atoms. The highest BCUT2D eigenvalue weighted by atomic mass is 19.3. The van der Waals surface area contributed by atoms with Crippen molar-refractivity contribution in [2.24, 2.45) is 5.73 Å². The third-order valence-corrected chi connectivity index (χ3v) is 1.47. The lowest BCUT2D eigenvalue weighted by Gasteiger charge is -2.05. The smallest absolute Gasteiger partial charge is 0.256 e. The molecule has 0 aliphatic heterocycles. The molecule has 0 bridgehead atoms. The summed E-state index contributed by atoms with van der Waals surface area (Å²) in [6, 6.07) is 3.45. The zero-order chi connectivity index (χ0) is 8.27. The van der Waals surface area contributed by atoms with Crippen molar-refractivity contribution in [2.75, 3.05) is 0 Å². The molecule has 2 N–H and O–H groups in total. The van der Waals surface area contributed by atoms with E-state index in [4.69, 9.17) is 5.73 Å². The van der Waals surface area contributed by atoms with Gasteiger partial charge in [-0.3, -0.25) is 0 Å². The number of alkyl halides is 2. The highest BCUT2D eigenvalue weighted by Gasteiger charge is 2.05. The molecule has 2 nitrogen and oxygen atoms in total. The second-order valence-electron chi connectivity index (χ2n) is 2.25. The number of hydrogen-bond acceptors (Lipinski definition) is 1. The summed E-state index contributed by atoms with van der Waals surface area (Å²) < 4.78 is 25.2. The first-order chi connectivity index (χ1) is 5.24. The standard InChI is InChI=1S/C7H10F2N2/c8-7(9)5-11-3-1-2-6(11)4-10/h1-3,7H,4-5,10H2. The number of halogens is 2. The number of nitrogens with two attached hydrogens (primary N) is 1. The monoisotopic (exact) mass is 160 g/mol. The highest BCUT2D eigenvalue weighted by molar-refractivity contribution is 5.06. The zero-order valence-corrected chi connectivity index (χ0v) is 6.00. The van der Waals surface area contributed by atoms with E-state index in [9.17, 15) is 8.78 Å². The van der Waals surface area contributed by atoms with Crippen LogP contribution in [-0.4, -0.2) is 11.0 Å². The molecular formula is C7H10F2N2. The van der Waals surface area contributed by atoms with Gasteiger partial charge in [0.25, 0.3) is 6.43 Å². The van der Waals surface area contributed by atoms with Crippen LogP contribution < -0.4 is 5.73 Å². The maximum absolute atomic E-state index is 11.9. The average Bonchev–Trinajstić information content (AvgIpc) is 2.34. The molecule has 1 aromatic rings. The third kappa shape index (κ3) is 2.01. The van der Waals surface area contributed by atoms with Crippen LogP contribution in [0.15, 0.2) is 18.3 Å². The molecule has 0 amide bonds. The average molecular weight is 160 g/mol. The van der Waals surface area contributed by atoms with Crippen molar-refractivity contribution in [3.05, 3.63) is 24.0 Å². The van der Waals surface area contributed by atoms with E-state index in [1.165, 1.54) is 4.57 Å². The van der Waals surface area contributed by atoms with Gasteiger partial charge in [-0.15, -0.1) is 0 Å². The summed E-state index contributed by atoms with van der Waals surface area (Å²) in [5, 5.41) is 0. The summed E-state index contributed by atoms with van der Waals surface area (Å²) in [7, 11) is 0. The first-order valence-corrected chi connectivity index (χ1v) is 3.36. The molecule has 0 aliphatic rings. The predicted octanol–water partition coefficient (Wildman–Crippen LogP) is 1.21. The molecule has 0 saturated heterocycles. The van der Waals surface area contributed by atoms with Crippen molar-refractivity contribution in [2.45, 2.75) is 19.5 Å². The summed E-state index contributed by atoms with van der Waals surface area (Å²) in [5.74, 6) is 0. The summed E-state index contributed by atoms with van der Waals surface area (Å²) in [5.41, 5.74) is 6.05. The second kappa shape index (κ2) is 3.48. The quantitative estimate of drug-likeness (QED) is 0.708. The number of rotatable bonds is 3. The fourth-order valence-electron chi connectivity index (χ4n) is 0.962. The van der Waals surface area contributed by atoms with Crippen LogP contribution in [0.3, 0.4) is 0 Å². The van der Waals surface area contributed by atoms with Crippen molar-refractivity contribution in [1.29, 1.82) is 0 Å². The van der Waals surface area contributed by atoms with Crippen molar-refractivity contribution in [1.82, 2.24) is 4.57 Å². The Kier molecular flexibility index (Phi) is 2.59. The summed E-state index contributed by atoms with van der Waals surface area (Å²) in [6.07, 6.45) is -0.707. The second-order valence-corrected chi connectivity index (χ2v) is 2.25. The summed E-state index contributed by atoms with van der Waals surface area (Å²) in [4.78, 5) is 0. The SMILES string of the molecule is NCc1cccn1CC(F)F. The lowest BCUT2D eigenvalue weighted by atomic mass is 10.4. The molecule has 11 heavy (non-hydrogen) atoms. The van der Waals surface area contributed by atoms with E-state index < -0.39 is 6.43 Å². The molecule has 0 aliphatic carbocycles. The van der Waals surface area contributed by atoms with Crippen LogP contribution in [0, 0.1) is 0 Å². The lowest BCUT2D eigenvalue weighted by molar-refractivity contribution is 0.125. The Morgan fingerprint density at radius 1 is 1.55 bits per heavy atom. The molecule has 4 heteroatoms. The molecule has 0 fully saturated rings. The Morgan fingerprint density at radius 2 is 2.27 bits per heavy atom. The minimum Gasteiger partial charge on any atom is -0.345 e. The maximum Gasteiger partial charge on any atom is 0.256 e. The van der Waals surface area contributed by atoms with Gasteiger partial charge in [-0.1, -0.05) is 0 Å². The van der Waals surface area contributed by atoms with Gasteiger partial charge in [-0.25, -0.2) is 8.78 Å². The largest absolute Gasteiger partial charge is 0.345 e. The zero-order valence-electron chi connectivity index (χ0n) is 6.00. The minimum absolute atomic E-state index is 0.264. The Hall–Kier alpha value is -0.900. The molecular weight excluding hydrogens is 150 g/mol. The van der Waals surface area contributed by atoms with E-state index in [0.717, 1.165) is 5.69 Å². The van der Waals surface area contributed by atoms with Crippen LogP contribution in [-0.2, 0) is 13.1 Å². The maximum atomic E-state index is 11.9. The van der Waals surface area contributed by atoms with Gasteiger partial charge in [-0.2, -0.15) is 0 Å². The summed E-state index contributed by atoms with van der Waals surface area (Å²) in [6.45, 7) is 0.0409.